The normalized spacial score (nSPS) is 9.60. The molecule has 0 atom stereocenters. The van der Waals surface area contributed by atoms with Gasteiger partial charge in [0.15, 0.2) is 0 Å². The van der Waals surface area contributed by atoms with Gasteiger partial charge in [0.2, 0.25) is 0 Å². The molecule has 0 aromatic carbocycles. The monoisotopic (exact) mass is 150 g/mol. The van der Waals surface area contributed by atoms with Crippen LogP contribution >= 0.6 is 0 Å². The molecule has 0 bridgehead atoms. The zero-order valence-electron chi connectivity index (χ0n) is 6.65. The highest BCUT2D eigenvalue weighted by Crippen LogP contribution is 1.76. The van der Waals surface area contributed by atoms with Crippen molar-refractivity contribution in [1.29, 1.82) is 0 Å². The van der Waals surface area contributed by atoms with Gasteiger partial charge in [0.25, 0.3) is 0 Å². The van der Waals surface area contributed by atoms with Crippen LogP contribution in [0.1, 0.15) is 6.42 Å². The summed E-state index contributed by atoms with van der Waals surface area (Å²) < 4.78 is 0. The second kappa shape index (κ2) is 8.80. The quantitative estimate of drug-likeness (QED) is 0.399. The topological polar surface area (TPSA) is 84.8 Å². The van der Waals surface area contributed by atoms with Gasteiger partial charge in [-0.15, -0.1) is 0 Å². The molecule has 0 heterocycles. The lowest BCUT2D eigenvalue weighted by Gasteiger charge is -2.18. The first-order valence-electron chi connectivity index (χ1n) is 3.17. The molecule has 0 amide bonds. The van der Waals surface area contributed by atoms with Crippen molar-refractivity contribution in [3.05, 3.63) is 0 Å². The molecule has 64 valence electrons. The molecule has 6 N–H and O–H groups in total. The number of nitrogens with zero attached hydrogens (tertiary/aromatic N) is 1. The smallest absolute Gasteiger partial charge is 0.0300 e. The van der Waals surface area contributed by atoms with Gasteiger partial charge in [-0.2, -0.15) is 5.12 Å². The van der Waals surface area contributed by atoms with E-state index < -0.39 is 0 Å². The zero-order valence-corrected chi connectivity index (χ0v) is 6.65. The van der Waals surface area contributed by atoms with Crippen LogP contribution in [-0.2, 0) is 0 Å². The fourth-order valence-electron chi connectivity index (χ4n) is 0.585. The Kier molecular flexibility index (Phi) is 11.0. The van der Waals surface area contributed by atoms with Crippen molar-refractivity contribution in [3.63, 3.8) is 0 Å². The lowest BCUT2D eigenvalue weighted by Crippen LogP contribution is -2.45. The second-order valence-corrected chi connectivity index (χ2v) is 1.74. The van der Waals surface area contributed by atoms with Gasteiger partial charge < -0.3 is 11.2 Å². The molecule has 0 aromatic rings. The number of nitrogens with one attached hydrogen (secondary N) is 2. The third-order valence-corrected chi connectivity index (χ3v) is 1.13. The van der Waals surface area contributed by atoms with Crippen molar-refractivity contribution in [2.45, 2.75) is 6.42 Å². The Labute approximate surface area is 61.8 Å². The molecule has 0 unspecified atom stereocenters. The van der Waals surface area contributed by atoms with E-state index in [1.54, 1.807) is 0 Å². The largest absolute Gasteiger partial charge is 0.412 e. The van der Waals surface area contributed by atoms with Crippen LogP contribution in [0, 0.1) is 0 Å². The van der Waals surface area contributed by atoms with Crippen LogP contribution in [0.15, 0.2) is 0 Å². The van der Waals surface area contributed by atoms with Crippen molar-refractivity contribution in [2.75, 3.05) is 27.2 Å². The summed E-state index contributed by atoms with van der Waals surface area (Å²) in [6.07, 6.45) is 1.00. The van der Waals surface area contributed by atoms with Crippen molar-refractivity contribution in [3.8, 4) is 0 Å². The van der Waals surface area contributed by atoms with E-state index in [9.17, 15) is 0 Å². The van der Waals surface area contributed by atoms with Crippen molar-refractivity contribution >= 4 is 0 Å². The van der Waals surface area contributed by atoms with Gasteiger partial charge >= 0.3 is 0 Å². The minimum Gasteiger partial charge on any atom is -0.412 e. The molecule has 5 nitrogen and oxygen atoms in total. The Bertz CT molecular complexity index is 57.6. The van der Waals surface area contributed by atoms with Gasteiger partial charge in [-0.1, -0.05) is 0 Å². The predicted molar refractivity (Wildman–Crippen MR) is 42.1 cm³/mol. The molecule has 0 saturated carbocycles. The van der Waals surface area contributed by atoms with Crippen LogP contribution in [0.3, 0.4) is 0 Å². The Morgan fingerprint density at radius 3 is 2.10 bits per heavy atom. The number of hydrogen-bond acceptors (Lipinski definition) is 4. The van der Waals surface area contributed by atoms with Crippen LogP contribution in [0.4, 0.5) is 0 Å². The van der Waals surface area contributed by atoms with Gasteiger partial charge in [-0.3, -0.25) is 0 Å². The zero-order chi connectivity index (χ0) is 7.11. The van der Waals surface area contributed by atoms with E-state index in [2.05, 4.69) is 10.9 Å². The molecule has 0 radical (unpaired) electrons. The first-order valence-corrected chi connectivity index (χ1v) is 3.17. The third-order valence-electron chi connectivity index (χ3n) is 1.13. The molecule has 0 saturated heterocycles. The van der Waals surface area contributed by atoms with Crippen molar-refractivity contribution < 1.29 is 5.48 Å². The summed E-state index contributed by atoms with van der Waals surface area (Å²) in [4.78, 5) is 0. The lowest BCUT2D eigenvalue weighted by atomic mass is 10.4. The number of nitrogens with two attached hydrogens (primary N) is 1. The summed E-state index contributed by atoms with van der Waals surface area (Å²) in [6.45, 7) is 1.67. The molecule has 0 aliphatic rings. The fourth-order valence-corrected chi connectivity index (χ4v) is 0.585. The molecule has 0 aromatic heterocycles. The molecule has 0 spiro atoms. The average Bonchev–Trinajstić information content (AvgIpc) is 1.91. The Hall–Kier alpha value is -0.200. The van der Waals surface area contributed by atoms with Gasteiger partial charge in [0.05, 0.1) is 0 Å². The van der Waals surface area contributed by atoms with Gasteiger partial charge in [-0.25, -0.2) is 10.9 Å². The maximum atomic E-state index is 5.30. The van der Waals surface area contributed by atoms with Crippen LogP contribution in [0.25, 0.3) is 0 Å². The summed E-state index contributed by atoms with van der Waals surface area (Å²) in [5, 5.41) is 1.88. The Morgan fingerprint density at radius 2 is 1.80 bits per heavy atom. The van der Waals surface area contributed by atoms with Crippen LogP contribution in [0.2, 0.25) is 0 Å². The minimum atomic E-state index is 0. The lowest BCUT2D eigenvalue weighted by molar-refractivity contribution is 0.145. The van der Waals surface area contributed by atoms with E-state index in [1.165, 1.54) is 0 Å². The number of hydrogen-bond donors (Lipinski definition) is 3. The summed E-state index contributed by atoms with van der Waals surface area (Å²) in [6, 6.07) is 0. The number of rotatable bonds is 5. The summed E-state index contributed by atoms with van der Waals surface area (Å²) >= 11 is 0. The van der Waals surface area contributed by atoms with Crippen LogP contribution < -0.4 is 16.6 Å². The molecular weight excluding hydrogens is 132 g/mol. The maximum Gasteiger partial charge on any atom is 0.0300 e. The summed E-state index contributed by atoms with van der Waals surface area (Å²) in [7, 11) is 3.74. The highest BCUT2D eigenvalue weighted by molar-refractivity contribution is 4.42. The molecule has 0 aliphatic heterocycles. The van der Waals surface area contributed by atoms with E-state index >= 15 is 0 Å². The van der Waals surface area contributed by atoms with Crippen molar-refractivity contribution in [1.82, 2.24) is 16.0 Å². The number of hydrazine groups is 2. The standard InChI is InChI=1S/C5H16N4.H2O/c1-7-9(8-2)5-3-4-6;/h7-8H,3-6H2,1-2H3;1H2. The molecule has 0 fully saturated rings. The highest BCUT2D eigenvalue weighted by atomic mass is 16.0. The van der Waals surface area contributed by atoms with E-state index in [0.717, 1.165) is 19.5 Å². The molecular formula is C5H18N4O. The molecule has 10 heavy (non-hydrogen) atoms. The van der Waals surface area contributed by atoms with Gasteiger partial charge in [-0.05, 0) is 13.0 Å². The molecule has 0 rings (SSSR count). The van der Waals surface area contributed by atoms with Crippen LogP contribution in [0.5, 0.6) is 0 Å². The molecule has 5 heteroatoms. The van der Waals surface area contributed by atoms with Crippen LogP contribution in [-0.4, -0.2) is 37.8 Å². The van der Waals surface area contributed by atoms with E-state index in [0.29, 0.717) is 0 Å². The first-order chi connectivity index (χ1) is 4.35. The SMILES string of the molecule is CNN(CCCN)NC.O. The van der Waals surface area contributed by atoms with Gasteiger partial charge in [0.1, 0.15) is 0 Å². The average molecular weight is 150 g/mol. The summed E-state index contributed by atoms with van der Waals surface area (Å²) in [5.74, 6) is 0. The van der Waals surface area contributed by atoms with Gasteiger partial charge in [0, 0.05) is 20.6 Å². The fraction of sp³-hybridized carbons (Fsp3) is 1.00. The predicted octanol–water partition coefficient (Wildman–Crippen LogP) is -1.92. The van der Waals surface area contributed by atoms with E-state index in [4.69, 9.17) is 5.73 Å². The Morgan fingerprint density at radius 1 is 1.30 bits per heavy atom. The second-order valence-electron chi connectivity index (χ2n) is 1.74. The minimum absolute atomic E-state index is 0. The Balaban J connectivity index is 0. The van der Waals surface area contributed by atoms with E-state index in [1.807, 2.05) is 19.2 Å². The third kappa shape index (κ3) is 5.93. The highest BCUT2D eigenvalue weighted by Gasteiger charge is 1.93. The first kappa shape index (κ1) is 12.5. The van der Waals surface area contributed by atoms with E-state index in [-0.39, 0.29) is 5.48 Å². The maximum absolute atomic E-state index is 5.30. The van der Waals surface area contributed by atoms with Crippen molar-refractivity contribution in [2.24, 2.45) is 5.73 Å². The molecule has 0 aliphatic carbocycles. The summed E-state index contributed by atoms with van der Waals surface area (Å²) in [5.41, 5.74) is 11.2.